The Morgan fingerprint density at radius 2 is 1.90 bits per heavy atom. The van der Waals surface area contributed by atoms with Gasteiger partial charge in [-0.05, 0) is 38.5 Å². The van der Waals surface area contributed by atoms with Gasteiger partial charge in [-0.3, -0.25) is 4.90 Å². The molecule has 152 valence electrons. The van der Waals surface area contributed by atoms with E-state index in [-0.39, 0.29) is 6.10 Å². The maximum atomic E-state index is 5.89. The first kappa shape index (κ1) is 18.3. The van der Waals surface area contributed by atoms with Gasteiger partial charge in [0, 0.05) is 44.8 Å². The van der Waals surface area contributed by atoms with Crippen LogP contribution in [0.1, 0.15) is 31.9 Å². The molecule has 0 amide bonds. The van der Waals surface area contributed by atoms with E-state index in [2.05, 4.69) is 52.7 Å². The monoisotopic (exact) mass is 393 g/mol. The van der Waals surface area contributed by atoms with Crippen LogP contribution < -0.4 is 9.64 Å². The fraction of sp³-hybridized carbons (Fsp3) is 0.524. The Hall–Kier alpha value is -2.74. The number of nitrogens with zero attached hydrogens (tertiary/aromatic N) is 7. The van der Waals surface area contributed by atoms with Gasteiger partial charge >= 0.3 is 0 Å². The van der Waals surface area contributed by atoms with Gasteiger partial charge < -0.3 is 14.2 Å². The molecule has 0 N–H and O–H groups in total. The highest BCUT2D eigenvalue weighted by molar-refractivity contribution is 5.86. The number of aromatic nitrogens is 5. The van der Waals surface area contributed by atoms with Crippen molar-refractivity contribution in [1.82, 2.24) is 29.6 Å². The molecule has 0 bridgehead atoms. The van der Waals surface area contributed by atoms with Crippen molar-refractivity contribution in [3.05, 3.63) is 36.2 Å². The highest BCUT2D eigenvalue weighted by Gasteiger charge is 2.22. The third kappa shape index (κ3) is 3.64. The maximum absolute atomic E-state index is 5.89. The fourth-order valence-corrected chi connectivity index (χ4v) is 4.23. The summed E-state index contributed by atoms with van der Waals surface area (Å²) in [6.45, 7) is 9.99. The van der Waals surface area contributed by atoms with Crippen LogP contribution in [0.5, 0.6) is 5.88 Å². The van der Waals surface area contributed by atoms with Gasteiger partial charge in [-0.1, -0.05) is 0 Å². The molecule has 5 rings (SSSR count). The summed E-state index contributed by atoms with van der Waals surface area (Å²) in [7, 11) is 0. The molecule has 1 saturated heterocycles. The lowest BCUT2D eigenvalue weighted by Gasteiger charge is -2.36. The molecule has 1 fully saturated rings. The lowest BCUT2D eigenvalue weighted by Crippen LogP contribution is -2.46. The third-order valence-electron chi connectivity index (χ3n) is 5.72. The number of piperazine rings is 1. The summed E-state index contributed by atoms with van der Waals surface area (Å²) in [5, 5.41) is 9.71. The van der Waals surface area contributed by atoms with Crippen molar-refractivity contribution in [3.8, 4) is 5.88 Å². The summed E-state index contributed by atoms with van der Waals surface area (Å²) in [5.74, 6) is 2.92. The predicted molar refractivity (Wildman–Crippen MR) is 111 cm³/mol. The normalized spacial score (nSPS) is 17.3. The minimum absolute atomic E-state index is 0.0823. The Balaban J connectivity index is 1.28. The number of rotatable bonds is 5. The average Bonchev–Trinajstić information content (AvgIpc) is 3.33. The Morgan fingerprint density at radius 1 is 1.03 bits per heavy atom. The first-order valence-corrected chi connectivity index (χ1v) is 10.5. The zero-order chi connectivity index (χ0) is 19.8. The molecular formula is C21H27N7O. The molecule has 8 nitrogen and oxygen atoms in total. The number of benzene rings is 1. The summed E-state index contributed by atoms with van der Waals surface area (Å²) in [5.41, 5.74) is 2.11. The number of hydrogen-bond donors (Lipinski definition) is 0. The summed E-state index contributed by atoms with van der Waals surface area (Å²) in [4.78, 5) is 13.6. The maximum Gasteiger partial charge on any atom is 0.224 e. The lowest BCUT2D eigenvalue weighted by molar-refractivity contribution is 0.235. The molecule has 0 atom stereocenters. The molecule has 0 spiro atoms. The van der Waals surface area contributed by atoms with Crippen LogP contribution >= 0.6 is 0 Å². The molecule has 2 aliphatic rings. The van der Waals surface area contributed by atoms with E-state index in [0.717, 1.165) is 68.2 Å². The van der Waals surface area contributed by atoms with E-state index in [4.69, 9.17) is 4.74 Å². The lowest BCUT2D eigenvalue weighted by atomic mass is 10.2. The van der Waals surface area contributed by atoms with Crippen molar-refractivity contribution in [2.45, 2.75) is 45.9 Å². The molecule has 3 aromatic rings. The van der Waals surface area contributed by atoms with E-state index in [0.29, 0.717) is 5.88 Å². The van der Waals surface area contributed by atoms with Gasteiger partial charge in [0.1, 0.15) is 18.0 Å². The molecule has 0 aliphatic carbocycles. The SMILES string of the molecule is CC(C)Oc1ncnc2ccc(N3CCN(Cc4nnc5n4CCC5)CC3)cc12. The Labute approximate surface area is 170 Å². The van der Waals surface area contributed by atoms with Crippen molar-refractivity contribution >= 4 is 16.6 Å². The Bertz CT molecular complexity index is 1010. The van der Waals surface area contributed by atoms with E-state index in [9.17, 15) is 0 Å². The number of hydrogen-bond acceptors (Lipinski definition) is 7. The quantitative estimate of drug-likeness (QED) is 0.658. The van der Waals surface area contributed by atoms with Crippen LogP contribution in [-0.2, 0) is 19.5 Å². The molecule has 0 unspecified atom stereocenters. The summed E-state index contributed by atoms with van der Waals surface area (Å²) >= 11 is 0. The molecule has 0 radical (unpaired) electrons. The molecule has 4 heterocycles. The second kappa shape index (κ2) is 7.59. The zero-order valence-electron chi connectivity index (χ0n) is 17.1. The van der Waals surface area contributed by atoms with Gasteiger partial charge in [-0.25, -0.2) is 9.97 Å². The van der Waals surface area contributed by atoms with Crippen molar-refractivity contribution < 1.29 is 4.74 Å². The summed E-state index contributed by atoms with van der Waals surface area (Å²) < 4.78 is 8.19. The average molecular weight is 393 g/mol. The molecule has 2 aromatic heterocycles. The molecule has 29 heavy (non-hydrogen) atoms. The molecule has 2 aliphatic heterocycles. The van der Waals surface area contributed by atoms with Crippen LogP contribution in [0.25, 0.3) is 10.9 Å². The topological polar surface area (TPSA) is 72.2 Å². The van der Waals surface area contributed by atoms with Gasteiger partial charge in [0.2, 0.25) is 5.88 Å². The van der Waals surface area contributed by atoms with E-state index in [1.807, 2.05) is 13.8 Å². The van der Waals surface area contributed by atoms with Gasteiger partial charge in [0.25, 0.3) is 0 Å². The van der Waals surface area contributed by atoms with Crippen molar-refractivity contribution in [1.29, 1.82) is 0 Å². The van der Waals surface area contributed by atoms with Crippen LogP contribution in [0.3, 0.4) is 0 Å². The van der Waals surface area contributed by atoms with Gasteiger partial charge in [0.15, 0.2) is 0 Å². The fourth-order valence-electron chi connectivity index (χ4n) is 4.23. The van der Waals surface area contributed by atoms with Crippen molar-refractivity contribution in [2.24, 2.45) is 0 Å². The Morgan fingerprint density at radius 3 is 2.72 bits per heavy atom. The minimum Gasteiger partial charge on any atom is -0.474 e. The van der Waals surface area contributed by atoms with Crippen LogP contribution in [0.2, 0.25) is 0 Å². The summed E-state index contributed by atoms with van der Waals surface area (Å²) in [6, 6.07) is 6.37. The first-order chi connectivity index (χ1) is 14.2. The van der Waals surface area contributed by atoms with Crippen LogP contribution in [-0.4, -0.2) is 61.9 Å². The van der Waals surface area contributed by atoms with Gasteiger partial charge in [0.05, 0.1) is 23.6 Å². The van der Waals surface area contributed by atoms with E-state index >= 15 is 0 Å². The second-order valence-electron chi connectivity index (χ2n) is 8.10. The minimum atomic E-state index is 0.0823. The molecular weight excluding hydrogens is 366 g/mol. The third-order valence-corrected chi connectivity index (χ3v) is 5.72. The Kier molecular flexibility index (Phi) is 4.79. The van der Waals surface area contributed by atoms with Crippen molar-refractivity contribution in [3.63, 3.8) is 0 Å². The van der Waals surface area contributed by atoms with Crippen molar-refractivity contribution in [2.75, 3.05) is 31.1 Å². The van der Waals surface area contributed by atoms with Crippen LogP contribution in [0.15, 0.2) is 24.5 Å². The number of fused-ring (bicyclic) bond motifs is 2. The van der Waals surface area contributed by atoms with Crippen LogP contribution in [0, 0.1) is 0 Å². The number of ether oxygens (including phenoxy) is 1. The molecule has 8 heteroatoms. The number of aryl methyl sites for hydroxylation is 1. The van der Waals surface area contributed by atoms with Crippen LogP contribution in [0.4, 0.5) is 5.69 Å². The first-order valence-electron chi connectivity index (χ1n) is 10.5. The van der Waals surface area contributed by atoms with Gasteiger partial charge in [-0.15, -0.1) is 10.2 Å². The van der Waals surface area contributed by atoms with E-state index in [1.54, 1.807) is 6.33 Å². The molecule has 0 saturated carbocycles. The second-order valence-corrected chi connectivity index (χ2v) is 8.10. The molecule has 1 aromatic carbocycles. The highest BCUT2D eigenvalue weighted by atomic mass is 16.5. The van der Waals surface area contributed by atoms with E-state index < -0.39 is 0 Å². The highest BCUT2D eigenvalue weighted by Crippen LogP contribution is 2.28. The standard InChI is InChI=1S/C21H27N7O/c1-15(2)29-21-17-12-16(5-6-18(17)22-14-23-21)27-10-8-26(9-11-27)13-20-25-24-19-4-3-7-28(19)20/h5-6,12,14-15H,3-4,7-11,13H2,1-2H3. The predicted octanol–water partition coefficient (Wildman–Crippen LogP) is 2.28. The largest absolute Gasteiger partial charge is 0.474 e. The summed E-state index contributed by atoms with van der Waals surface area (Å²) in [6.07, 6.45) is 3.91. The smallest absolute Gasteiger partial charge is 0.224 e. The van der Waals surface area contributed by atoms with Gasteiger partial charge in [-0.2, -0.15) is 0 Å². The van der Waals surface area contributed by atoms with E-state index in [1.165, 1.54) is 12.1 Å². The number of anilines is 1. The zero-order valence-corrected chi connectivity index (χ0v) is 17.1.